The minimum Gasteiger partial charge on any atom is -0.316 e. The van der Waals surface area contributed by atoms with Gasteiger partial charge in [0, 0.05) is 12.6 Å². The van der Waals surface area contributed by atoms with E-state index in [1.165, 1.54) is 0 Å². The van der Waals surface area contributed by atoms with Crippen LogP contribution in [-0.4, -0.2) is 21.5 Å². The molecular weight excluding hydrogens is 260 g/mol. The number of hydrogen-bond donors (Lipinski definition) is 2. The third-order valence-electron chi connectivity index (χ3n) is 3.86. The fourth-order valence-corrected chi connectivity index (χ4v) is 3.95. The minimum absolute atomic E-state index is 0.0601. The Morgan fingerprint density at radius 2 is 2.00 bits per heavy atom. The van der Waals surface area contributed by atoms with Crippen molar-refractivity contribution in [2.45, 2.75) is 44.7 Å². The van der Waals surface area contributed by atoms with Crippen LogP contribution in [0.25, 0.3) is 0 Å². The Morgan fingerprint density at radius 3 is 2.53 bits per heavy atom. The fraction of sp³-hybridized carbons (Fsp3) is 0.571. The Balaban J connectivity index is 2.28. The Bertz CT molecular complexity index is 579. The molecule has 1 aliphatic rings. The first-order valence-corrected chi connectivity index (χ1v) is 8.02. The molecule has 5 heteroatoms. The molecule has 0 heterocycles. The van der Waals surface area contributed by atoms with Gasteiger partial charge in [0.25, 0.3) is 0 Å². The van der Waals surface area contributed by atoms with Crippen molar-refractivity contribution in [1.82, 2.24) is 10.0 Å². The van der Waals surface area contributed by atoms with Crippen molar-refractivity contribution in [3.8, 4) is 0 Å². The van der Waals surface area contributed by atoms with Crippen LogP contribution in [-0.2, 0) is 16.6 Å². The maximum atomic E-state index is 12.4. The van der Waals surface area contributed by atoms with Crippen molar-refractivity contribution in [1.29, 1.82) is 0 Å². The Morgan fingerprint density at radius 1 is 1.37 bits per heavy atom. The number of benzene rings is 1. The molecule has 0 spiro atoms. The first kappa shape index (κ1) is 14.5. The number of nitrogens with one attached hydrogen (secondary N) is 2. The van der Waals surface area contributed by atoms with E-state index in [0.29, 0.717) is 11.4 Å². The summed E-state index contributed by atoms with van der Waals surface area (Å²) in [5.74, 6) is 0. The van der Waals surface area contributed by atoms with E-state index in [1.807, 2.05) is 20.0 Å². The molecule has 1 fully saturated rings. The highest BCUT2D eigenvalue weighted by molar-refractivity contribution is 7.89. The first-order chi connectivity index (χ1) is 8.78. The van der Waals surface area contributed by atoms with E-state index in [0.717, 1.165) is 17.5 Å². The second-order valence-electron chi connectivity index (χ2n) is 5.94. The molecule has 0 aliphatic heterocycles. The van der Waals surface area contributed by atoms with Crippen LogP contribution in [0.5, 0.6) is 0 Å². The van der Waals surface area contributed by atoms with Gasteiger partial charge in [0.2, 0.25) is 10.0 Å². The molecule has 1 atom stereocenters. The average molecular weight is 282 g/mol. The van der Waals surface area contributed by atoms with Gasteiger partial charge in [0.15, 0.2) is 0 Å². The van der Waals surface area contributed by atoms with E-state index < -0.39 is 10.0 Å². The molecule has 0 aromatic heterocycles. The highest BCUT2D eigenvalue weighted by Crippen LogP contribution is 2.45. The van der Waals surface area contributed by atoms with Crippen LogP contribution in [0.2, 0.25) is 0 Å². The molecule has 0 saturated heterocycles. The number of rotatable bonds is 5. The lowest BCUT2D eigenvalue weighted by Crippen LogP contribution is -2.29. The highest BCUT2D eigenvalue weighted by atomic mass is 32.2. The topological polar surface area (TPSA) is 58.2 Å². The van der Waals surface area contributed by atoms with Crippen molar-refractivity contribution >= 4 is 10.0 Å². The van der Waals surface area contributed by atoms with E-state index in [4.69, 9.17) is 0 Å². The van der Waals surface area contributed by atoms with Gasteiger partial charge in [-0.3, -0.25) is 0 Å². The summed E-state index contributed by atoms with van der Waals surface area (Å²) in [5.41, 5.74) is 1.92. The molecule has 4 nitrogen and oxygen atoms in total. The molecule has 1 aromatic carbocycles. The third kappa shape index (κ3) is 2.99. The van der Waals surface area contributed by atoms with E-state index >= 15 is 0 Å². The molecule has 106 valence electrons. The minimum atomic E-state index is -3.42. The standard InChI is InChI=1S/C14H22N2O2S/c1-10-11(9-15-4)6-5-7-12(10)19(17,18)16-13-8-14(13,2)3/h5-7,13,15-16H,8-9H2,1-4H3. The van der Waals surface area contributed by atoms with Crippen molar-refractivity contribution in [2.75, 3.05) is 7.05 Å². The lowest BCUT2D eigenvalue weighted by Gasteiger charge is -2.13. The highest BCUT2D eigenvalue weighted by Gasteiger charge is 2.48. The van der Waals surface area contributed by atoms with E-state index in [2.05, 4.69) is 23.9 Å². The quantitative estimate of drug-likeness (QED) is 0.865. The molecule has 19 heavy (non-hydrogen) atoms. The van der Waals surface area contributed by atoms with Crippen LogP contribution in [0.4, 0.5) is 0 Å². The zero-order valence-electron chi connectivity index (χ0n) is 11.9. The summed E-state index contributed by atoms with van der Waals surface area (Å²) >= 11 is 0. The normalized spacial score (nSPS) is 21.4. The van der Waals surface area contributed by atoms with Gasteiger partial charge in [0.05, 0.1) is 4.90 Å². The lowest BCUT2D eigenvalue weighted by atomic mass is 10.1. The van der Waals surface area contributed by atoms with E-state index in [9.17, 15) is 8.42 Å². The summed E-state index contributed by atoms with van der Waals surface area (Å²) in [7, 11) is -1.56. The van der Waals surface area contributed by atoms with Crippen molar-refractivity contribution < 1.29 is 8.42 Å². The molecule has 2 N–H and O–H groups in total. The Kier molecular flexibility index (Phi) is 3.73. The van der Waals surface area contributed by atoms with Gasteiger partial charge in [-0.1, -0.05) is 26.0 Å². The molecule has 1 aromatic rings. The molecular formula is C14H22N2O2S. The second kappa shape index (κ2) is 4.89. The van der Waals surface area contributed by atoms with Crippen molar-refractivity contribution in [3.05, 3.63) is 29.3 Å². The third-order valence-corrected chi connectivity index (χ3v) is 5.48. The summed E-state index contributed by atoms with van der Waals surface area (Å²) < 4.78 is 27.6. The summed E-state index contributed by atoms with van der Waals surface area (Å²) in [4.78, 5) is 0.392. The summed E-state index contributed by atoms with van der Waals surface area (Å²) in [5, 5.41) is 3.05. The zero-order valence-corrected chi connectivity index (χ0v) is 12.8. The van der Waals surface area contributed by atoms with Gasteiger partial charge in [-0.05, 0) is 43.0 Å². The maximum Gasteiger partial charge on any atom is 0.241 e. The summed E-state index contributed by atoms with van der Waals surface area (Å²) in [6, 6.07) is 5.48. The van der Waals surface area contributed by atoms with Gasteiger partial charge in [0.1, 0.15) is 0 Å². The monoisotopic (exact) mass is 282 g/mol. The van der Waals surface area contributed by atoms with Crippen LogP contribution >= 0.6 is 0 Å². The predicted molar refractivity (Wildman–Crippen MR) is 76.5 cm³/mol. The molecule has 1 saturated carbocycles. The Labute approximate surface area is 115 Å². The van der Waals surface area contributed by atoms with Crippen LogP contribution in [0.15, 0.2) is 23.1 Å². The molecule has 1 unspecified atom stereocenters. The maximum absolute atomic E-state index is 12.4. The molecule has 2 rings (SSSR count). The second-order valence-corrected chi connectivity index (χ2v) is 7.62. The van der Waals surface area contributed by atoms with Crippen LogP contribution in [0.3, 0.4) is 0 Å². The molecule has 1 aliphatic carbocycles. The summed E-state index contributed by atoms with van der Waals surface area (Å²) in [6.45, 7) is 6.68. The predicted octanol–water partition coefficient (Wildman–Crippen LogP) is 1.79. The van der Waals surface area contributed by atoms with E-state index in [-0.39, 0.29) is 11.5 Å². The van der Waals surface area contributed by atoms with Crippen molar-refractivity contribution in [2.24, 2.45) is 5.41 Å². The van der Waals surface area contributed by atoms with Gasteiger partial charge in [-0.2, -0.15) is 0 Å². The first-order valence-electron chi connectivity index (χ1n) is 6.53. The number of sulfonamides is 1. The SMILES string of the molecule is CNCc1cccc(S(=O)(=O)NC2CC2(C)C)c1C. The van der Waals surface area contributed by atoms with Gasteiger partial charge in [-0.15, -0.1) is 0 Å². The molecule has 0 bridgehead atoms. The number of hydrogen-bond acceptors (Lipinski definition) is 3. The van der Waals surface area contributed by atoms with Gasteiger partial charge >= 0.3 is 0 Å². The van der Waals surface area contributed by atoms with E-state index in [1.54, 1.807) is 12.1 Å². The molecule has 0 radical (unpaired) electrons. The zero-order chi connectivity index (χ0) is 14.3. The van der Waals surface area contributed by atoms with Gasteiger partial charge in [-0.25, -0.2) is 13.1 Å². The average Bonchev–Trinajstić information content (AvgIpc) is 2.88. The van der Waals surface area contributed by atoms with Crippen LogP contribution in [0.1, 0.15) is 31.4 Å². The van der Waals surface area contributed by atoms with Crippen LogP contribution in [0, 0.1) is 12.3 Å². The Hall–Kier alpha value is -0.910. The van der Waals surface area contributed by atoms with Crippen molar-refractivity contribution in [3.63, 3.8) is 0 Å². The van der Waals surface area contributed by atoms with Gasteiger partial charge < -0.3 is 5.32 Å². The fourth-order valence-electron chi connectivity index (χ4n) is 2.25. The summed E-state index contributed by atoms with van der Waals surface area (Å²) in [6.07, 6.45) is 0.904. The smallest absolute Gasteiger partial charge is 0.241 e. The molecule has 0 amide bonds. The van der Waals surface area contributed by atoms with Crippen LogP contribution < -0.4 is 10.0 Å². The largest absolute Gasteiger partial charge is 0.316 e. The lowest BCUT2D eigenvalue weighted by molar-refractivity contribution is 0.554.